The highest BCUT2D eigenvalue weighted by Crippen LogP contribution is 2.26. The van der Waals surface area contributed by atoms with Crippen LogP contribution < -0.4 is 5.32 Å². The number of pyridine rings is 1. The van der Waals surface area contributed by atoms with Crippen LogP contribution in [0.2, 0.25) is 0 Å². The largest absolute Gasteiger partial charge is 0.358 e. The maximum Gasteiger partial charge on any atom is 0.270 e. The Labute approximate surface area is 151 Å². The fourth-order valence-electron chi connectivity index (χ4n) is 2.61. The molecule has 136 valence electrons. The number of nitriles is 1. The SMILES string of the molecule is CC[C@H](C)[C@H](Nc1cc(C#N)c2cc([N+](=O)[O-])ccc2n1)C(=O)N(C)C. The lowest BCUT2D eigenvalue weighted by molar-refractivity contribution is -0.384. The van der Waals surface area contributed by atoms with E-state index >= 15 is 0 Å². The number of anilines is 1. The average molecular weight is 355 g/mol. The molecule has 2 atom stereocenters. The number of rotatable bonds is 6. The minimum absolute atomic E-state index is 0.0600. The van der Waals surface area contributed by atoms with Crippen molar-refractivity contribution in [3.05, 3.63) is 39.9 Å². The molecule has 1 heterocycles. The van der Waals surface area contributed by atoms with Gasteiger partial charge in [0.2, 0.25) is 5.91 Å². The lowest BCUT2D eigenvalue weighted by atomic mass is 9.98. The second-order valence-electron chi connectivity index (χ2n) is 6.37. The van der Waals surface area contributed by atoms with Gasteiger partial charge in [0.1, 0.15) is 11.9 Å². The summed E-state index contributed by atoms with van der Waals surface area (Å²) in [4.78, 5) is 28.9. The number of carbonyl (C=O) groups is 1. The molecule has 0 aliphatic carbocycles. The molecule has 1 aromatic carbocycles. The Hall–Kier alpha value is -3.21. The first kappa shape index (κ1) is 19.1. The number of carbonyl (C=O) groups excluding carboxylic acids is 1. The molecule has 8 heteroatoms. The molecule has 2 rings (SSSR count). The molecule has 1 aromatic heterocycles. The van der Waals surface area contributed by atoms with Crippen molar-refractivity contribution in [2.75, 3.05) is 19.4 Å². The standard InChI is InChI=1S/C18H21N5O3/c1-5-11(2)17(18(24)22(3)4)21-16-8-12(10-19)14-9-13(23(25)26)6-7-15(14)20-16/h6-9,11,17H,5H2,1-4H3,(H,20,21)/t11-,17-/m0/s1. The quantitative estimate of drug-likeness (QED) is 0.630. The number of hydrogen-bond donors (Lipinski definition) is 1. The first-order valence-corrected chi connectivity index (χ1v) is 8.25. The predicted molar refractivity (Wildman–Crippen MR) is 98.7 cm³/mol. The molecule has 0 radical (unpaired) electrons. The van der Waals surface area contributed by atoms with Gasteiger partial charge < -0.3 is 10.2 Å². The molecule has 0 saturated heterocycles. The molecule has 26 heavy (non-hydrogen) atoms. The molecule has 1 amide bonds. The summed E-state index contributed by atoms with van der Waals surface area (Å²) in [7, 11) is 3.38. The minimum atomic E-state index is -0.512. The van der Waals surface area contributed by atoms with E-state index in [0.29, 0.717) is 16.7 Å². The molecule has 0 fully saturated rings. The van der Waals surface area contributed by atoms with Crippen LogP contribution in [-0.4, -0.2) is 40.9 Å². The van der Waals surface area contributed by atoms with Crippen LogP contribution in [0, 0.1) is 27.4 Å². The number of likely N-dealkylation sites (N-methyl/N-ethyl adjacent to an activating group) is 1. The number of hydrogen-bond acceptors (Lipinski definition) is 6. The fourth-order valence-corrected chi connectivity index (χ4v) is 2.61. The van der Waals surface area contributed by atoms with Crippen LogP contribution in [0.5, 0.6) is 0 Å². The van der Waals surface area contributed by atoms with Gasteiger partial charge in [0.15, 0.2) is 0 Å². The maximum absolute atomic E-state index is 12.5. The molecule has 0 saturated carbocycles. The summed E-state index contributed by atoms with van der Waals surface area (Å²) < 4.78 is 0. The zero-order chi connectivity index (χ0) is 19.4. The first-order valence-electron chi connectivity index (χ1n) is 8.25. The average Bonchev–Trinajstić information content (AvgIpc) is 2.63. The molecule has 0 spiro atoms. The van der Waals surface area contributed by atoms with Gasteiger partial charge >= 0.3 is 0 Å². The lowest BCUT2D eigenvalue weighted by Gasteiger charge is -2.26. The summed E-state index contributed by atoms with van der Waals surface area (Å²) in [5.41, 5.74) is 0.621. The van der Waals surface area contributed by atoms with Crippen LogP contribution in [0.25, 0.3) is 10.9 Å². The molecule has 0 bridgehead atoms. The fraction of sp³-hybridized carbons (Fsp3) is 0.389. The second-order valence-corrected chi connectivity index (χ2v) is 6.37. The molecule has 0 aliphatic rings. The van der Waals surface area contributed by atoms with E-state index in [9.17, 15) is 20.2 Å². The van der Waals surface area contributed by atoms with Crippen LogP contribution in [0.1, 0.15) is 25.8 Å². The Bertz CT molecular complexity index is 888. The molecule has 0 unspecified atom stereocenters. The van der Waals surface area contributed by atoms with Gasteiger partial charge in [-0.2, -0.15) is 5.26 Å². The number of nitro groups is 1. The van der Waals surface area contributed by atoms with E-state index in [1.807, 2.05) is 19.9 Å². The topological polar surface area (TPSA) is 112 Å². The first-order chi connectivity index (χ1) is 12.3. The number of benzene rings is 1. The highest BCUT2D eigenvalue weighted by atomic mass is 16.6. The molecule has 0 aliphatic heterocycles. The number of amides is 1. The zero-order valence-electron chi connectivity index (χ0n) is 15.2. The van der Waals surface area contributed by atoms with Crippen LogP contribution in [0.15, 0.2) is 24.3 Å². The van der Waals surface area contributed by atoms with Gasteiger partial charge in [-0.25, -0.2) is 4.98 Å². The van der Waals surface area contributed by atoms with E-state index in [2.05, 4.69) is 10.3 Å². The van der Waals surface area contributed by atoms with Gasteiger partial charge in [-0.05, 0) is 18.1 Å². The number of nitrogens with zero attached hydrogens (tertiary/aromatic N) is 4. The third-order valence-electron chi connectivity index (χ3n) is 4.35. The number of nitrogens with one attached hydrogen (secondary N) is 1. The van der Waals surface area contributed by atoms with Crippen molar-refractivity contribution in [3.8, 4) is 6.07 Å². The monoisotopic (exact) mass is 355 g/mol. The minimum Gasteiger partial charge on any atom is -0.358 e. The molecule has 1 N–H and O–H groups in total. The smallest absolute Gasteiger partial charge is 0.270 e. The summed E-state index contributed by atoms with van der Waals surface area (Å²) in [6.45, 7) is 3.96. The summed E-state index contributed by atoms with van der Waals surface area (Å²) in [5, 5.41) is 23.9. The Morgan fingerprint density at radius 2 is 2.12 bits per heavy atom. The van der Waals surface area contributed by atoms with Crippen LogP contribution in [-0.2, 0) is 4.79 Å². The third-order valence-corrected chi connectivity index (χ3v) is 4.35. The van der Waals surface area contributed by atoms with E-state index in [-0.39, 0.29) is 23.1 Å². The zero-order valence-corrected chi connectivity index (χ0v) is 15.2. The van der Waals surface area contributed by atoms with E-state index in [1.165, 1.54) is 29.2 Å². The Morgan fingerprint density at radius 3 is 2.65 bits per heavy atom. The van der Waals surface area contributed by atoms with E-state index in [4.69, 9.17) is 0 Å². The summed E-state index contributed by atoms with van der Waals surface area (Å²) in [6.07, 6.45) is 0.794. The number of aromatic nitrogens is 1. The van der Waals surface area contributed by atoms with Crippen molar-refractivity contribution in [2.45, 2.75) is 26.3 Å². The molecule has 2 aromatic rings. The van der Waals surface area contributed by atoms with Crippen molar-refractivity contribution in [1.29, 1.82) is 5.26 Å². The third kappa shape index (κ3) is 3.88. The van der Waals surface area contributed by atoms with E-state index in [1.54, 1.807) is 14.1 Å². The van der Waals surface area contributed by atoms with Crippen LogP contribution in [0.4, 0.5) is 11.5 Å². The van der Waals surface area contributed by atoms with Crippen LogP contribution in [0.3, 0.4) is 0 Å². The van der Waals surface area contributed by atoms with Crippen molar-refractivity contribution in [3.63, 3.8) is 0 Å². The molecular formula is C18H21N5O3. The molecule has 8 nitrogen and oxygen atoms in total. The van der Waals surface area contributed by atoms with Crippen molar-refractivity contribution in [1.82, 2.24) is 9.88 Å². The van der Waals surface area contributed by atoms with Gasteiger partial charge in [0.25, 0.3) is 5.69 Å². The lowest BCUT2D eigenvalue weighted by Crippen LogP contribution is -2.43. The Balaban J connectivity index is 2.49. The molecular weight excluding hydrogens is 334 g/mol. The van der Waals surface area contributed by atoms with Crippen LogP contribution >= 0.6 is 0 Å². The van der Waals surface area contributed by atoms with Crippen molar-refractivity contribution in [2.24, 2.45) is 5.92 Å². The Kier molecular flexibility index (Phi) is 5.72. The summed E-state index contributed by atoms with van der Waals surface area (Å²) in [5.74, 6) is 0.372. The highest BCUT2D eigenvalue weighted by Gasteiger charge is 2.26. The number of non-ortho nitro benzene ring substituents is 1. The van der Waals surface area contributed by atoms with Gasteiger partial charge in [-0.3, -0.25) is 14.9 Å². The van der Waals surface area contributed by atoms with Gasteiger partial charge in [-0.15, -0.1) is 0 Å². The predicted octanol–water partition coefficient (Wildman–Crippen LogP) is 2.93. The van der Waals surface area contributed by atoms with Crippen molar-refractivity contribution >= 4 is 28.3 Å². The van der Waals surface area contributed by atoms with E-state index < -0.39 is 11.0 Å². The van der Waals surface area contributed by atoms with Crippen molar-refractivity contribution < 1.29 is 9.72 Å². The second kappa shape index (κ2) is 7.78. The number of nitro benzene ring substituents is 1. The van der Waals surface area contributed by atoms with Gasteiger partial charge in [-0.1, -0.05) is 20.3 Å². The van der Waals surface area contributed by atoms with Gasteiger partial charge in [0, 0.05) is 31.6 Å². The summed E-state index contributed by atoms with van der Waals surface area (Å²) >= 11 is 0. The summed E-state index contributed by atoms with van der Waals surface area (Å²) in [6, 6.07) is 7.27. The van der Waals surface area contributed by atoms with E-state index in [0.717, 1.165) is 6.42 Å². The Morgan fingerprint density at radius 1 is 1.42 bits per heavy atom. The normalized spacial score (nSPS) is 12.9. The highest BCUT2D eigenvalue weighted by molar-refractivity contribution is 5.89. The van der Waals surface area contributed by atoms with Gasteiger partial charge in [0.05, 0.1) is 22.1 Å². The number of fused-ring (bicyclic) bond motifs is 1. The maximum atomic E-state index is 12.5.